The molecule has 5 nitrogen and oxygen atoms in total. The fourth-order valence-electron chi connectivity index (χ4n) is 1.98. The molecule has 0 saturated heterocycles. The highest BCUT2D eigenvalue weighted by Gasteiger charge is 2.10. The maximum Gasteiger partial charge on any atom is 0.144 e. The van der Waals surface area contributed by atoms with Crippen LogP contribution in [0.3, 0.4) is 0 Å². The Bertz CT molecular complexity index is 480. The molecule has 108 valence electrons. The van der Waals surface area contributed by atoms with E-state index in [0.29, 0.717) is 6.61 Å². The lowest BCUT2D eigenvalue weighted by molar-refractivity contribution is 0.141. The zero-order valence-corrected chi connectivity index (χ0v) is 12.1. The first-order valence-corrected chi connectivity index (χ1v) is 6.85. The fraction of sp³-hybridized carbons (Fsp3) is 0.467. The minimum atomic E-state index is 0.708. The summed E-state index contributed by atoms with van der Waals surface area (Å²) in [6, 6.07) is 0. The van der Waals surface area contributed by atoms with Crippen LogP contribution in [0.4, 0.5) is 5.82 Å². The van der Waals surface area contributed by atoms with Crippen LogP contribution in [-0.4, -0.2) is 37.3 Å². The molecule has 0 fully saturated rings. The molecule has 5 heteroatoms. The average molecular weight is 275 g/mol. The molecule has 1 aromatic heterocycles. The smallest absolute Gasteiger partial charge is 0.144 e. The molecule has 1 aromatic rings. The van der Waals surface area contributed by atoms with E-state index in [9.17, 15) is 0 Å². The molecule has 1 N–H and O–H groups in total. The monoisotopic (exact) mass is 275 g/mol. The third-order valence-electron chi connectivity index (χ3n) is 3.13. The Balaban J connectivity index is 1.91. The largest absolute Gasteiger partial charge is 0.498 e. The number of aromatic nitrogens is 2. The first-order chi connectivity index (χ1) is 9.83. The second-order valence-corrected chi connectivity index (χ2v) is 4.56. The fourth-order valence-corrected chi connectivity index (χ4v) is 1.98. The molecule has 0 saturated carbocycles. The summed E-state index contributed by atoms with van der Waals surface area (Å²) < 4.78 is 10.7. The quantitative estimate of drug-likeness (QED) is 0.775. The van der Waals surface area contributed by atoms with E-state index in [4.69, 9.17) is 9.47 Å². The summed E-state index contributed by atoms with van der Waals surface area (Å²) in [5.41, 5.74) is 2.13. The Hall–Kier alpha value is -1.88. The highest BCUT2D eigenvalue weighted by molar-refractivity contribution is 5.65. The van der Waals surface area contributed by atoms with Crippen LogP contribution in [-0.2, 0) is 9.47 Å². The Morgan fingerprint density at radius 2 is 2.05 bits per heavy atom. The van der Waals surface area contributed by atoms with Gasteiger partial charge in [-0.25, -0.2) is 4.98 Å². The molecule has 0 bridgehead atoms. The van der Waals surface area contributed by atoms with E-state index in [1.165, 1.54) is 5.57 Å². The third kappa shape index (κ3) is 4.06. The summed E-state index contributed by atoms with van der Waals surface area (Å²) in [5.74, 6) is 1.81. The lowest BCUT2D eigenvalue weighted by Crippen LogP contribution is -2.03. The first-order valence-electron chi connectivity index (χ1n) is 6.85. The Labute approximate surface area is 119 Å². The van der Waals surface area contributed by atoms with E-state index >= 15 is 0 Å². The summed E-state index contributed by atoms with van der Waals surface area (Å²) in [4.78, 5) is 8.69. The van der Waals surface area contributed by atoms with Crippen LogP contribution in [0.25, 0.3) is 5.57 Å². The van der Waals surface area contributed by atoms with Gasteiger partial charge in [0.1, 0.15) is 5.82 Å². The molecule has 1 heterocycles. The normalized spacial score (nSPS) is 14.5. The third-order valence-corrected chi connectivity index (χ3v) is 3.13. The molecule has 0 unspecified atom stereocenters. The van der Waals surface area contributed by atoms with Crippen LogP contribution in [0, 0.1) is 0 Å². The Morgan fingerprint density at radius 3 is 2.65 bits per heavy atom. The van der Waals surface area contributed by atoms with Crippen molar-refractivity contribution in [2.45, 2.75) is 19.3 Å². The first kappa shape index (κ1) is 14.5. The summed E-state index contributed by atoms with van der Waals surface area (Å²) in [5, 5.41) is 2.96. The van der Waals surface area contributed by atoms with Crippen LogP contribution in [0.5, 0.6) is 0 Å². The standard InChI is InChI=1S/C15H21N3O2/c1-16-15-11-17-14(10-18-15)12-4-6-13(7-5-12)20-9-3-8-19-2/h4,6,10-11H,3,5,7-9H2,1-2H3,(H,16,18). The zero-order chi connectivity index (χ0) is 14.2. The van der Waals surface area contributed by atoms with Crippen molar-refractivity contribution in [3.05, 3.63) is 36.0 Å². The maximum absolute atomic E-state index is 5.70. The SMILES string of the molecule is CNc1cnc(C2=CC=C(OCCCOC)CC2)cn1. The van der Waals surface area contributed by atoms with Crippen molar-refractivity contribution in [1.29, 1.82) is 0 Å². The van der Waals surface area contributed by atoms with Gasteiger partial charge in [-0.2, -0.15) is 0 Å². The number of nitrogens with one attached hydrogen (secondary N) is 1. The molecule has 0 atom stereocenters. The predicted molar refractivity (Wildman–Crippen MR) is 79.3 cm³/mol. The van der Waals surface area contributed by atoms with Crippen molar-refractivity contribution in [2.75, 3.05) is 32.7 Å². The number of hydrogen-bond donors (Lipinski definition) is 1. The predicted octanol–water partition coefficient (Wildman–Crippen LogP) is 2.63. The van der Waals surface area contributed by atoms with Gasteiger partial charge < -0.3 is 14.8 Å². The van der Waals surface area contributed by atoms with E-state index in [1.807, 2.05) is 13.1 Å². The zero-order valence-electron chi connectivity index (χ0n) is 12.1. The lowest BCUT2D eigenvalue weighted by Gasteiger charge is -2.15. The number of anilines is 1. The van der Waals surface area contributed by atoms with Gasteiger partial charge in [-0.05, 0) is 18.1 Å². The number of ether oxygens (including phenoxy) is 2. The summed E-state index contributed by atoms with van der Waals surface area (Å²) in [6.45, 7) is 1.45. The van der Waals surface area contributed by atoms with E-state index in [1.54, 1.807) is 19.5 Å². The van der Waals surface area contributed by atoms with Crippen LogP contribution in [0.15, 0.2) is 30.3 Å². The van der Waals surface area contributed by atoms with Gasteiger partial charge in [0, 0.05) is 33.6 Å². The molecule has 0 radical (unpaired) electrons. The van der Waals surface area contributed by atoms with E-state index in [0.717, 1.165) is 43.1 Å². The Kier molecular flexibility index (Phi) is 5.55. The molecule has 0 amide bonds. The van der Waals surface area contributed by atoms with Crippen LogP contribution in [0.1, 0.15) is 25.0 Å². The second-order valence-electron chi connectivity index (χ2n) is 4.56. The number of nitrogens with zero attached hydrogens (tertiary/aromatic N) is 2. The Morgan fingerprint density at radius 1 is 1.15 bits per heavy atom. The van der Waals surface area contributed by atoms with Crippen molar-refractivity contribution in [1.82, 2.24) is 9.97 Å². The lowest BCUT2D eigenvalue weighted by atomic mass is 10.0. The van der Waals surface area contributed by atoms with Gasteiger partial charge in [0.2, 0.25) is 0 Å². The van der Waals surface area contributed by atoms with E-state index < -0.39 is 0 Å². The maximum atomic E-state index is 5.70. The molecule has 2 rings (SSSR count). The number of methoxy groups -OCH3 is 1. The van der Waals surface area contributed by atoms with Crippen LogP contribution < -0.4 is 5.32 Å². The number of allylic oxidation sites excluding steroid dienone is 4. The van der Waals surface area contributed by atoms with Crippen molar-refractivity contribution < 1.29 is 9.47 Å². The van der Waals surface area contributed by atoms with Gasteiger partial charge in [-0.15, -0.1) is 0 Å². The van der Waals surface area contributed by atoms with Gasteiger partial charge >= 0.3 is 0 Å². The van der Waals surface area contributed by atoms with E-state index in [-0.39, 0.29) is 0 Å². The molecule has 0 aliphatic heterocycles. The van der Waals surface area contributed by atoms with Gasteiger partial charge in [-0.1, -0.05) is 6.08 Å². The van der Waals surface area contributed by atoms with Gasteiger partial charge in [0.25, 0.3) is 0 Å². The summed E-state index contributed by atoms with van der Waals surface area (Å²) in [6.07, 6.45) is 10.4. The number of hydrogen-bond acceptors (Lipinski definition) is 5. The molecular formula is C15H21N3O2. The van der Waals surface area contributed by atoms with Gasteiger partial charge in [0.05, 0.1) is 30.5 Å². The molecular weight excluding hydrogens is 254 g/mol. The minimum absolute atomic E-state index is 0.708. The van der Waals surface area contributed by atoms with Gasteiger partial charge in [0.15, 0.2) is 0 Å². The highest BCUT2D eigenvalue weighted by Crippen LogP contribution is 2.25. The van der Waals surface area contributed by atoms with Crippen LogP contribution in [0.2, 0.25) is 0 Å². The molecule has 0 aromatic carbocycles. The van der Waals surface area contributed by atoms with Crippen molar-refractivity contribution in [2.24, 2.45) is 0 Å². The topological polar surface area (TPSA) is 56.3 Å². The van der Waals surface area contributed by atoms with E-state index in [2.05, 4.69) is 21.4 Å². The van der Waals surface area contributed by atoms with Crippen molar-refractivity contribution in [3.8, 4) is 0 Å². The van der Waals surface area contributed by atoms with Gasteiger partial charge in [-0.3, -0.25) is 4.98 Å². The van der Waals surface area contributed by atoms with Crippen molar-refractivity contribution >= 4 is 11.4 Å². The molecule has 20 heavy (non-hydrogen) atoms. The molecule has 1 aliphatic carbocycles. The minimum Gasteiger partial charge on any atom is -0.498 e. The second kappa shape index (κ2) is 7.65. The highest BCUT2D eigenvalue weighted by atomic mass is 16.5. The average Bonchev–Trinajstić information content (AvgIpc) is 2.52. The summed E-state index contributed by atoms with van der Waals surface area (Å²) >= 11 is 0. The summed E-state index contributed by atoms with van der Waals surface area (Å²) in [7, 11) is 3.54. The van der Waals surface area contributed by atoms with Crippen LogP contribution >= 0.6 is 0 Å². The number of rotatable bonds is 7. The molecule has 1 aliphatic rings. The van der Waals surface area contributed by atoms with Crippen molar-refractivity contribution in [3.63, 3.8) is 0 Å². The molecule has 0 spiro atoms.